The fraction of sp³-hybridized carbons (Fsp3) is 0.364. The number of sulfone groups is 1. The van der Waals surface area contributed by atoms with Crippen molar-refractivity contribution in [3.05, 3.63) is 35.0 Å². The molecule has 0 spiro atoms. The van der Waals surface area contributed by atoms with E-state index in [0.29, 0.717) is 9.77 Å². The van der Waals surface area contributed by atoms with Crippen LogP contribution in [0.5, 0.6) is 0 Å². The second kappa shape index (κ2) is 5.19. The Kier molecular flexibility index (Phi) is 3.82. The van der Waals surface area contributed by atoms with Crippen LogP contribution in [0, 0.1) is 6.92 Å². The fourth-order valence-corrected chi connectivity index (χ4v) is 4.23. The van der Waals surface area contributed by atoms with Crippen molar-refractivity contribution in [2.75, 3.05) is 6.67 Å². The largest absolute Gasteiger partial charge is 0.270 e. The van der Waals surface area contributed by atoms with E-state index >= 15 is 0 Å². The molecule has 98 valence electrons. The van der Waals surface area contributed by atoms with Crippen LogP contribution < -0.4 is 0 Å². The minimum Gasteiger partial charge on any atom is -0.270 e. The average Bonchev–Trinajstić information content (AvgIpc) is 2.88. The molecule has 2 heterocycles. The summed E-state index contributed by atoms with van der Waals surface area (Å²) in [6, 6.07) is 3.39. The maximum atomic E-state index is 12.1. The highest BCUT2D eigenvalue weighted by atomic mass is 32.2. The lowest BCUT2D eigenvalue weighted by molar-refractivity contribution is 0.427. The van der Waals surface area contributed by atoms with Crippen molar-refractivity contribution >= 4 is 21.2 Å². The lowest BCUT2D eigenvalue weighted by atomic mass is 10.4. The van der Waals surface area contributed by atoms with Gasteiger partial charge in [-0.15, -0.1) is 11.3 Å². The summed E-state index contributed by atoms with van der Waals surface area (Å²) in [4.78, 5) is 0.960. The molecule has 0 aliphatic heterocycles. The zero-order chi connectivity index (χ0) is 13.2. The Morgan fingerprint density at radius 2 is 2.22 bits per heavy atom. The zero-order valence-corrected chi connectivity index (χ0v) is 11.5. The minimum atomic E-state index is -3.32. The summed E-state index contributed by atoms with van der Waals surface area (Å²) < 4.78 is 38.0. The van der Waals surface area contributed by atoms with Gasteiger partial charge in [0.05, 0.1) is 18.5 Å². The van der Waals surface area contributed by atoms with Crippen LogP contribution in [-0.2, 0) is 22.1 Å². The van der Waals surface area contributed by atoms with Gasteiger partial charge in [0.1, 0.15) is 10.9 Å². The minimum absolute atomic E-state index is 0.0980. The predicted molar refractivity (Wildman–Crippen MR) is 68.1 cm³/mol. The number of nitrogens with zero attached hydrogens (tertiary/aromatic N) is 2. The number of hydrogen-bond donors (Lipinski definition) is 0. The van der Waals surface area contributed by atoms with E-state index in [2.05, 4.69) is 5.10 Å². The Hall–Kier alpha value is -1.21. The molecular formula is C11H13FN2O2S2. The quantitative estimate of drug-likeness (QED) is 0.847. The Bertz CT molecular complexity index is 631. The molecule has 18 heavy (non-hydrogen) atoms. The van der Waals surface area contributed by atoms with Crippen LogP contribution >= 0.6 is 11.3 Å². The highest BCUT2D eigenvalue weighted by Gasteiger charge is 2.18. The fourth-order valence-electron chi connectivity index (χ4n) is 1.56. The molecule has 0 bridgehead atoms. The molecule has 0 amide bonds. The molecule has 0 fully saturated rings. The monoisotopic (exact) mass is 288 g/mol. The van der Waals surface area contributed by atoms with Gasteiger partial charge < -0.3 is 0 Å². The second-order valence-electron chi connectivity index (χ2n) is 3.92. The van der Waals surface area contributed by atoms with Gasteiger partial charge in [0.2, 0.25) is 0 Å². The summed E-state index contributed by atoms with van der Waals surface area (Å²) in [5.41, 5.74) is 0.578. The van der Waals surface area contributed by atoms with Gasteiger partial charge in [0.15, 0.2) is 9.84 Å². The van der Waals surface area contributed by atoms with Crippen LogP contribution in [-0.4, -0.2) is 24.9 Å². The van der Waals surface area contributed by atoms with Gasteiger partial charge in [0.25, 0.3) is 0 Å². The van der Waals surface area contributed by atoms with E-state index < -0.39 is 16.5 Å². The number of thiophene rings is 1. The van der Waals surface area contributed by atoms with Crippen LogP contribution in [0.4, 0.5) is 4.39 Å². The molecule has 0 N–H and O–H groups in total. The van der Waals surface area contributed by atoms with Gasteiger partial charge in [0, 0.05) is 16.6 Å². The molecule has 0 unspecified atom stereocenters. The standard InChI is InChI=1S/C11H13FN2O2S2/c1-9-2-3-11(17-9)18(15,16)8-10-6-13-14(7-10)5-4-12/h2-3,6-7H,4-5,8H2,1H3. The highest BCUT2D eigenvalue weighted by molar-refractivity contribution is 7.92. The third kappa shape index (κ3) is 2.97. The highest BCUT2D eigenvalue weighted by Crippen LogP contribution is 2.24. The molecule has 0 saturated heterocycles. The molecule has 0 saturated carbocycles. The van der Waals surface area contributed by atoms with Crippen molar-refractivity contribution < 1.29 is 12.8 Å². The second-order valence-corrected chi connectivity index (χ2v) is 7.43. The van der Waals surface area contributed by atoms with E-state index in [4.69, 9.17) is 0 Å². The molecule has 7 heteroatoms. The van der Waals surface area contributed by atoms with Gasteiger partial charge in [-0.3, -0.25) is 4.68 Å². The Morgan fingerprint density at radius 3 is 2.83 bits per heavy atom. The van der Waals surface area contributed by atoms with Crippen LogP contribution in [0.15, 0.2) is 28.7 Å². The van der Waals surface area contributed by atoms with Crippen LogP contribution in [0.3, 0.4) is 0 Å². The number of rotatable bonds is 5. The molecule has 2 aromatic rings. The summed E-state index contributed by atoms with van der Waals surface area (Å²) in [7, 11) is -3.32. The van der Waals surface area contributed by atoms with Crippen molar-refractivity contribution in [2.45, 2.75) is 23.4 Å². The maximum Gasteiger partial charge on any atom is 0.191 e. The van der Waals surface area contributed by atoms with Crippen molar-refractivity contribution in [1.29, 1.82) is 0 Å². The smallest absolute Gasteiger partial charge is 0.191 e. The number of aromatic nitrogens is 2. The van der Waals surface area contributed by atoms with Gasteiger partial charge in [-0.1, -0.05) is 0 Å². The van der Waals surface area contributed by atoms with Gasteiger partial charge in [-0.05, 0) is 19.1 Å². The van der Waals surface area contributed by atoms with Crippen molar-refractivity contribution in [1.82, 2.24) is 9.78 Å². The third-order valence-corrected chi connectivity index (χ3v) is 5.65. The summed E-state index contributed by atoms with van der Waals surface area (Å²) in [6.07, 6.45) is 3.03. The Balaban J connectivity index is 2.17. The Labute approximate surface area is 109 Å². The first-order chi connectivity index (χ1) is 8.51. The summed E-state index contributed by atoms with van der Waals surface area (Å²) in [5.74, 6) is -0.0980. The summed E-state index contributed by atoms with van der Waals surface area (Å²) >= 11 is 1.26. The third-order valence-electron chi connectivity index (χ3n) is 2.38. The molecular weight excluding hydrogens is 275 g/mol. The molecule has 0 aliphatic rings. The number of aryl methyl sites for hydroxylation is 2. The van der Waals surface area contributed by atoms with Gasteiger partial charge in [-0.2, -0.15) is 5.10 Å². The SMILES string of the molecule is Cc1ccc(S(=O)(=O)Cc2cnn(CCF)c2)s1. The normalized spacial score (nSPS) is 11.9. The maximum absolute atomic E-state index is 12.1. The van der Waals surface area contributed by atoms with Crippen LogP contribution in [0.25, 0.3) is 0 Å². The predicted octanol–water partition coefficient (Wildman–Crippen LogP) is 2.20. The van der Waals surface area contributed by atoms with E-state index in [-0.39, 0.29) is 12.3 Å². The molecule has 0 radical (unpaired) electrons. The van der Waals surface area contributed by atoms with Crippen molar-refractivity contribution in [2.24, 2.45) is 0 Å². The Morgan fingerprint density at radius 1 is 1.44 bits per heavy atom. The van der Waals surface area contributed by atoms with Gasteiger partial charge >= 0.3 is 0 Å². The summed E-state index contributed by atoms with van der Waals surface area (Å²) in [5, 5.41) is 3.90. The molecule has 0 aliphatic carbocycles. The van der Waals surface area contributed by atoms with Crippen LogP contribution in [0.1, 0.15) is 10.4 Å². The number of halogens is 1. The topological polar surface area (TPSA) is 52.0 Å². The number of alkyl halides is 1. The van der Waals surface area contributed by atoms with Crippen LogP contribution in [0.2, 0.25) is 0 Å². The number of hydrogen-bond acceptors (Lipinski definition) is 4. The molecule has 0 aromatic carbocycles. The lowest BCUT2D eigenvalue weighted by Crippen LogP contribution is -2.02. The molecule has 4 nitrogen and oxygen atoms in total. The first-order valence-corrected chi connectivity index (χ1v) is 7.84. The van der Waals surface area contributed by atoms with Gasteiger partial charge in [-0.25, -0.2) is 12.8 Å². The zero-order valence-electron chi connectivity index (χ0n) is 9.84. The first-order valence-electron chi connectivity index (χ1n) is 5.38. The van der Waals surface area contributed by atoms with Crippen molar-refractivity contribution in [3.8, 4) is 0 Å². The van der Waals surface area contributed by atoms with E-state index in [9.17, 15) is 12.8 Å². The molecule has 2 aromatic heterocycles. The molecule has 2 rings (SSSR count). The van der Waals surface area contributed by atoms with E-state index in [1.54, 1.807) is 18.3 Å². The van der Waals surface area contributed by atoms with Crippen molar-refractivity contribution in [3.63, 3.8) is 0 Å². The van der Waals surface area contributed by atoms with E-state index in [0.717, 1.165) is 4.88 Å². The lowest BCUT2D eigenvalue weighted by Gasteiger charge is -1.98. The molecule has 0 atom stereocenters. The average molecular weight is 288 g/mol. The first kappa shape index (κ1) is 13.2. The summed E-state index contributed by atoms with van der Waals surface area (Å²) in [6.45, 7) is 1.50. The van der Waals surface area contributed by atoms with E-state index in [1.807, 2.05) is 6.92 Å². The van der Waals surface area contributed by atoms with E-state index in [1.165, 1.54) is 22.2 Å².